The molecule has 1 atom stereocenters. The summed E-state index contributed by atoms with van der Waals surface area (Å²) in [6, 6.07) is 0. The molecule has 0 spiro atoms. The van der Waals surface area contributed by atoms with E-state index in [0.29, 0.717) is 17.9 Å². The first-order chi connectivity index (χ1) is 6.63. The van der Waals surface area contributed by atoms with Crippen LogP contribution in [0.2, 0.25) is 0 Å². The molecule has 0 aromatic carbocycles. The molecule has 1 aliphatic carbocycles. The zero-order chi connectivity index (χ0) is 10.2. The van der Waals surface area contributed by atoms with Gasteiger partial charge < -0.3 is 5.73 Å². The van der Waals surface area contributed by atoms with E-state index in [1.54, 1.807) is 0 Å². The van der Waals surface area contributed by atoms with Crippen molar-refractivity contribution in [3.63, 3.8) is 0 Å². The Morgan fingerprint density at radius 2 is 2.00 bits per heavy atom. The first-order valence-corrected chi connectivity index (χ1v) is 5.14. The van der Waals surface area contributed by atoms with Crippen LogP contribution in [0.5, 0.6) is 0 Å². The van der Waals surface area contributed by atoms with Crippen molar-refractivity contribution in [3.05, 3.63) is 23.8 Å². The van der Waals surface area contributed by atoms with Crippen molar-refractivity contribution in [1.82, 2.24) is 9.97 Å². The van der Waals surface area contributed by atoms with Gasteiger partial charge in [0.05, 0.1) is 0 Å². The van der Waals surface area contributed by atoms with Gasteiger partial charge in [0, 0.05) is 18.3 Å². The molecule has 14 heavy (non-hydrogen) atoms. The Morgan fingerprint density at radius 1 is 1.43 bits per heavy atom. The third kappa shape index (κ3) is 1.77. The fourth-order valence-electron chi connectivity index (χ4n) is 1.75. The van der Waals surface area contributed by atoms with Crippen molar-refractivity contribution >= 4 is 0 Å². The van der Waals surface area contributed by atoms with E-state index in [9.17, 15) is 0 Å². The van der Waals surface area contributed by atoms with Crippen LogP contribution in [0.1, 0.15) is 37.6 Å². The van der Waals surface area contributed by atoms with Gasteiger partial charge in [-0.2, -0.15) is 0 Å². The van der Waals surface area contributed by atoms with Gasteiger partial charge in [-0.3, -0.25) is 0 Å². The van der Waals surface area contributed by atoms with Crippen molar-refractivity contribution in [2.24, 2.45) is 11.1 Å². The predicted molar refractivity (Wildman–Crippen MR) is 55.9 cm³/mol. The minimum absolute atomic E-state index is 0.412. The van der Waals surface area contributed by atoms with Gasteiger partial charge in [-0.25, -0.2) is 9.97 Å². The molecule has 3 nitrogen and oxygen atoms in total. The van der Waals surface area contributed by atoms with Crippen LogP contribution in [-0.2, 0) is 6.42 Å². The average Bonchev–Trinajstić information content (AvgIpc) is 2.77. The summed E-state index contributed by atoms with van der Waals surface area (Å²) in [7, 11) is 0. The number of nitrogens with two attached hydrogens (primary N) is 1. The third-order valence-electron chi connectivity index (χ3n) is 2.98. The van der Waals surface area contributed by atoms with E-state index in [1.807, 2.05) is 12.4 Å². The van der Waals surface area contributed by atoms with E-state index in [-0.39, 0.29) is 0 Å². The number of hydrogen-bond donors (Lipinski definition) is 1. The lowest BCUT2D eigenvalue weighted by Crippen LogP contribution is -2.05. The largest absolute Gasteiger partial charge is 0.330 e. The SMILES string of the molecule is CC1(C)CC1c1ncc(CCN)cn1. The maximum Gasteiger partial charge on any atom is 0.131 e. The Morgan fingerprint density at radius 3 is 2.43 bits per heavy atom. The predicted octanol–water partition coefficient (Wildman–Crippen LogP) is 1.49. The highest BCUT2D eigenvalue weighted by Gasteiger charge is 2.48. The first kappa shape index (κ1) is 9.59. The molecule has 1 aromatic heterocycles. The van der Waals surface area contributed by atoms with Crippen LogP contribution in [0.4, 0.5) is 0 Å². The molecule has 1 aromatic rings. The van der Waals surface area contributed by atoms with Crippen LogP contribution >= 0.6 is 0 Å². The van der Waals surface area contributed by atoms with Gasteiger partial charge in [0.2, 0.25) is 0 Å². The van der Waals surface area contributed by atoms with E-state index in [2.05, 4.69) is 23.8 Å². The van der Waals surface area contributed by atoms with Gasteiger partial charge in [-0.15, -0.1) is 0 Å². The molecule has 0 aliphatic heterocycles. The lowest BCUT2D eigenvalue weighted by Gasteiger charge is -2.03. The molecule has 0 amide bonds. The summed E-state index contributed by atoms with van der Waals surface area (Å²) < 4.78 is 0. The monoisotopic (exact) mass is 191 g/mol. The zero-order valence-corrected chi connectivity index (χ0v) is 8.83. The summed E-state index contributed by atoms with van der Waals surface area (Å²) in [5.74, 6) is 1.56. The summed E-state index contributed by atoms with van der Waals surface area (Å²) in [5.41, 5.74) is 7.00. The molecule has 2 N–H and O–H groups in total. The highest BCUT2D eigenvalue weighted by atomic mass is 14.9. The zero-order valence-electron chi connectivity index (χ0n) is 8.83. The van der Waals surface area contributed by atoms with Crippen LogP contribution in [0.25, 0.3) is 0 Å². The molecule has 0 bridgehead atoms. The number of aromatic nitrogens is 2. The minimum Gasteiger partial charge on any atom is -0.330 e. The van der Waals surface area contributed by atoms with Crippen LogP contribution < -0.4 is 5.73 Å². The van der Waals surface area contributed by atoms with Gasteiger partial charge in [-0.05, 0) is 30.4 Å². The van der Waals surface area contributed by atoms with Crippen LogP contribution in [0, 0.1) is 5.41 Å². The Hall–Kier alpha value is -0.960. The van der Waals surface area contributed by atoms with E-state index in [1.165, 1.54) is 6.42 Å². The average molecular weight is 191 g/mol. The minimum atomic E-state index is 0.412. The first-order valence-electron chi connectivity index (χ1n) is 5.14. The second kappa shape index (κ2) is 3.31. The molecule has 1 fully saturated rings. The third-order valence-corrected chi connectivity index (χ3v) is 2.98. The van der Waals surface area contributed by atoms with Crippen LogP contribution in [0.15, 0.2) is 12.4 Å². The van der Waals surface area contributed by atoms with Gasteiger partial charge in [0.25, 0.3) is 0 Å². The smallest absolute Gasteiger partial charge is 0.131 e. The molecular formula is C11H17N3. The van der Waals surface area contributed by atoms with E-state index < -0.39 is 0 Å². The lowest BCUT2D eigenvalue weighted by atomic mass is 10.1. The highest BCUT2D eigenvalue weighted by Crippen LogP contribution is 2.57. The van der Waals surface area contributed by atoms with Crippen LogP contribution in [0.3, 0.4) is 0 Å². The van der Waals surface area contributed by atoms with E-state index >= 15 is 0 Å². The fraction of sp³-hybridized carbons (Fsp3) is 0.636. The quantitative estimate of drug-likeness (QED) is 0.787. The van der Waals surface area contributed by atoms with Gasteiger partial charge in [0.1, 0.15) is 5.82 Å². The fourth-order valence-corrected chi connectivity index (χ4v) is 1.75. The van der Waals surface area contributed by atoms with E-state index in [0.717, 1.165) is 17.8 Å². The Labute approximate surface area is 84.8 Å². The molecule has 0 saturated heterocycles. The topological polar surface area (TPSA) is 51.8 Å². The number of rotatable bonds is 3. The molecular weight excluding hydrogens is 174 g/mol. The summed E-state index contributed by atoms with van der Waals surface area (Å²) >= 11 is 0. The van der Waals surface area contributed by atoms with Crippen LogP contribution in [-0.4, -0.2) is 16.5 Å². The van der Waals surface area contributed by atoms with Gasteiger partial charge in [0.15, 0.2) is 0 Å². The molecule has 1 saturated carbocycles. The lowest BCUT2D eigenvalue weighted by molar-refractivity contribution is 0.607. The highest BCUT2D eigenvalue weighted by molar-refractivity contribution is 5.17. The Balaban J connectivity index is 2.08. The second-order valence-electron chi connectivity index (χ2n) is 4.73. The van der Waals surface area contributed by atoms with Crippen molar-refractivity contribution in [2.75, 3.05) is 6.54 Å². The summed E-state index contributed by atoms with van der Waals surface area (Å²) in [6.45, 7) is 5.18. The van der Waals surface area contributed by atoms with Crippen molar-refractivity contribution in [2.45, 2.75) is 32.6 Å². The summed E-state index contributed by atoms with van der Waals surface area (Å²) in [4.78, 5) is 8.78. The number of nitrogens with zero attached hydrogens (tertiary/aromatic N) is 2. The standard InChI is InChI=1S/C11H17N3/c1-11(2)5-9(11)10-13-6-8(3-4-12)7-14-10/h6-7,9H,3-5,12H2,1-2H3. The van der Waals surface area contributed by atoms with Gasteiger partial charge >= 0.3 is 0 Å². The molecule has 76 valence electrons. The summed E-state index contributed by atoms with van der Waals surface area (Å²) in [5, 5.41) is 0. The molecule has 3 heteroatoms. The number of hydrogen-bond acceptors (Lipinski definition) is 3. The molecule has 1 unspecified atom stereocenters. The summed E-state index contributed by atoms with van der Waals surface area (Å²) in [6.07, 6.45) is 5.89. The second-order valence-corrected chi connectivity index (χ2v) is 4.73. The van der Waals surface area contributed by atoms with Crippen molar-refractivity contribution in [1.29, 1.82) is 0 Å². The van der Waals surface area contributed by atoms with E-state index in [4.69, 9.17) is 5.73 Å². The molecule has 2 rings (SSSR count). The molecule has 0 radical (unpaired) electrons. The molecule has 1 aliphatic rings. The van der Waals surface area contributed by atoms with Gasteiger partial charge in [-0.1, -0.05) is 13.8 Å². The van der Waals surface area contributed by atoms with Crippen molar-refractivity contribution < 1.29 is 0 Å². The van der Waals surface area contributed by atoms with Crippen molar-refractivity contribution in [3.8, 4) is 0 Å². The Kier molecular flexibility index (Phi) is 2.27. The normalized spacial score (nSPS) is 23.5. The Bertz CT molecular complexity index is 316. The maximum atomic E-state index is 5.46. The maximum absolute atomic E-state index is 5.46. The molecule has 1 heterocycles.